The molecule has 0 aliphatic rings. The Morgan fingerprint density at radius 2 is 1.93 bits per heavy atom. The van der Waals surface area contributed by atoms with Crippen molar-refractivity contribution in [2.24, 2.45) is 0 Å². The second kappa shape index (κ2) is 5.91. The number of anilines is 2. The van der Waals surface area contributed by atoms with Crippen molar-refractivity contribution >= 4 is 33.3 Å². The summed E-state index contributed by atoms with van der Waals surface area (Å²) in [5.41, 5.74) is 4.01. The number of benzene rings is 2. The second-order valence-electron chi connectivity index (χ2n) is 6.43. The first-order valence-electron chi connectivity index (χ1n) is 8.48. The number of halogens is 1. The zero-order valence-corrected chi connectivity index (χ0v) is 14.4. The molecule has 27 heavy (non-hydrogen) atoms. The zero-order valence-electron chi connectivity index (χ0n) is 14.4. The number of aryl methyl sites for hydroxylation is 1. The fraction of sp³-hybridized carbons (Fsp3) is 0.0500. The quantitative estimate of drug-likeness (QED) is 0.437. The van der Waals surface area contributed by atoms with Crippen LogP contribution in [0, 0.1) is 12.7 Å². The molecule has 0 saturated heterocycles. The smallest absolute Gasteiger partial charge is 0.161 e. The summed E-state index contributed by atoms with van der Waals surface area (Å²) in [5, 5.41) is 11.7. The van der Waals surface area contributed by atoms with Crippen LogP contribution >= 0.6 is 0 Å². The molecule has 3 aromatic heterocycles. The average Bonchev–Trinajstić information content (AvgIpc) is 3.26. The Hall–Kier alpha value is -3.74. The van der Waals surface area contributed by atoms with Crippen molar-refractivity contribution < 1.29 is 4.39 Å². The van der Waals surface area contributed by atoms with Crippen LogP contribution in [0.15, 0.2) is 54.9 Å². The maximum atomic E-state index is 14.3. The largest absolute Gasteiger partial charge is 0.359 e. The third-order valence-electron chi connectivity index (χ3n) is 4.46. The van der Waals surface area contributed by atoms with Gasteiger partial charge in [-0.25, -0.2) is 14.4 Å². The molecule has 5 rings (SSSR count). The molecule has 0 bridgehead atoms. The minimum absolute atomic E-state index is 0.337. The highest BCUT2D eigenvalue weighted by Crippen LogP contribution is 2.26. The Morgan fingerprint density at radius 3 is 2.85 bits per heavy atom. The SMILES string of the molecule is Cc1cc2ccc(-c3nccc(Nc4cc5cn[nH]c5cc4F)n3)cc2[nH]1. The van der Waals surface area contributed by atoms with E-state index in [1.54, 1.807) is 24.5 Å². The van der Waals surface area contributed by atoms with E-state index in [1.807, 2.05) is 25.1 Å². The molecule has 0 amide bonds. The molecule has 7 heteroatoms. The lowest BCUT2D eigenvalue weighted by Gasteiger charge is -2.08. The summed E-state index contributed by atoms with van der Waals surface area (Å²) in [6.07, 6.45) is 3.31. The Labute approximate surface area is 153 Å². The third-order valence-corrected chi connectivity index (χ3v) is 4.46. The van der Waals surface area contributed by atoms with Crippen molar-refractivity contribution in [2.45, 2.75) is 6.92 Å². The number of hydrogen-bond donors (Lipinski definition) is 3. The molecule has 0 saturated carbocycles. The predicted octanol–water partition coefficient (Wildman–Crippen LogP) is 4.69. The molecule has 0 aliphatic heterocycles. The molecule has 132 valence electrons. The Morgan fingerprint density at radius 1 is 1.00 bits per heavy atom. The third kappa shape index (κ3) is 2.79. The molecule has 0 atom stereocenters. The summed E-state index contributed by atoms with van der Waals surface area (Å²) in [5.74, 6) is 0.707. The van der Waals surface area contributed by atoms with Gasteiger partial charge in [-0.2, -0.15) is 5.10 Å². The van der Waals surface area contributed by atoms with Gasteiger partial charge < -0.3 is 10.3 Å². The summed E-state index contributed by atoms with van der Waals surface area (Å²) in [4.78, 5) is 12.2. The second-order valence-corrected chi connectivity index (χ2v) is 6.43. The van der Waals surface area contributed by atoms with Gasteiger partial charge in [-0.3, -0.25) is 5.10 Å². The monoisotopic (exact) mass is 358 g/mol. The van der Waals surface area contributed by atoms with Gasteiger partial charge in [0.2, 0.25) is 0 Å². The first kappa shape index (κ1) is 15.5. The summed E-state index contributed by atoms with van der Waals surface area (Å²) in [6, 6.07) is 12.9. The normalized spacial score (nSPS) is 11.3. The van der Waals surface area contributed by atoms with Gasteiger partial charge in [0.1, 0.15) is 11.6 Å². The van der Waals surface area contributed by atoms with Crippen molar-refractivity contribution in [3.8, 4) is 11.4 Å². The van der Waals surface area contributed by atoms with Gasteiger partial charge in [0.15, 0.2) is 5.82 Å². The van der Waals surface area contributed by atoms with Crippen LogP contribution in [0.2, 0.25) is 0 Å². The summed E-state index contributed by atoms with van der Waals surface area (Å²) in [6.45, 7) is 2.02. The predicted molar refractivity (Wildman–Crippen MR) is 103 cm³/mol. The van der Waals surface area contributed by atoms with Gasteiger partial charge in [-0.05, 0) is 36.6 Å². The van der Waals surface area contributed by atoms with Crippen LogP contribution in [0.4, 0.5) is 15.9 Å². The van der Waals surface area contributed by atoms with E-state index >= 15 is 0 Å². The van der Waals surface area contributed by atoms with E-state index in [0.29, 0.717) is 22.8 Å². The van der Waals surface area contributed by atoms with Crippen LogP contribution in [0.1, 0.15) is 5.69 Å². The lowest BCUT2D eigenvalue weighted by Crippen LogP contribution is -1.98. The molecule has 0 radical (unpaired) electrons. The van der Waals surface area contributed by atoms with Gasteiger partial charge in [0.05, 0.1) is 17.4 Å². The average molecular weight is 358 g/mol. The van der Waals surface area contributed by atoms with Gasteiger partial charge >= 0.3 is 0 Å². The van der Waals surface area contributed by atoms with Crippen LogP contribution in [0.3, 0.4) is 0 Å². The lowest BCUT2D eigenvalue weighted by molar-refractivity contribution is 0.633. The standard InChI is InChI=1S/C20H15FN6/c1-11-6-12-2-3-13(7-16(12)24-11)20-22-5-4-19(26-20)25-18-8-14-10-23-27-17(14)9-15(18)21/h2-10,24H,1H3,(H,23,27)(H,22,25,26). The molecule has 2 aromatic carbocycles. The van der Waals surface area contributed by atoms with E-state index < -0.39 is 0 Å². The first-order valence-corrected chi connectivity index (χ1v) is 8.48. The van der Waals surface area contributed by atoms with E-state index in [-0.39, 0.29) is 5.82 Å². The van der Waals surface area contributed by atoms with E-state index in [9.17, 15) is 4.39 Å². The topological polar surface area (TPSA) is 82.3 Å². The summed E-state index contributed by atoms with van der Waals surface area (Å²) < 4.78 is 14.3. The van der Waals surface area contributed by atoms with Crippen molar-refractivity contribution in [1.29, 1.82) is 0 Å². The first-order chi connectivity index (χ1) is 13.2. The van der Waals surface area contributed by atoms with E-state index in [4.69, 9.17) is 0 Å². The van der Waals surface area contributed by atoms with Crippen LogP contribution in [0.25, 0.3) is 33.2 Å². The number of aromatic nitrogens is 5. The number of nitrogens with zero attached hydrogens (tertiary/aromatic N) is 3. The number of H-pyrrole nitrogens is 2. The number of nitrogens with one attached hydrogen (secondary N) is 3. The highest BCUT2D eigenvalue weighted by molar-refractivity contribution is 5.85. The Kier molecular flexibility index (Phi) is 3.39. The highest BCUT2D eigenvalue weighted by Gasteiger charge is 2.09. The number of rotatable bonds is 3. The number of hydrogen-bond acceptors (Lipinski definition) is 4. The Balaban J connectivity index is 1.51. The van der Waals surface area contributed by atoms with Gasteiger partial charge in [-0.1, -0.05) is 12.1 Å². The molecule has 6 nitrogen and oxygen atoms in total. The van der Waals surface area contributed by atoms with Crippen molar-refractivity contribution in [1.82, 2.24) is 25.1 Å². The van der Waals surface area contributed by atoms with Crippen LogP contribution in [-0.4, -0.2) is 25.1 Å². The molecular weight excluding hydrogens is 343 g/mol. The van der Waals surface area contributed by atoms with E-state index in [2.05, 4.69) is 36.5 Å². The minimum Gasteiger partial charge on any atom is -0.359 e. The fourth-order valence-electron chi connectivity index (χ4n) is 3.18. The lowest BCUT2D eigenvalue weighted by atomic mass is 10.1. The summed E-state index contributed by atoms with van der Waals surface area (Å²) >= 11 is 0. The van der Waals surface area contributed by atoms with E-state index in [1.165, 1.54) is 6.07 Å². The van der Waals surface area contributed by atoms with Crippen LogP contribution in [-0.2, 0) is 0 Å². The van der Waals surface area contributed by atoms with Gasteiger partial charge in [0, 0.05) is 34.4 Å². The molecule has 0 spiro atoms. The minimum atomic E-state index is -0.379. The van der Waals surface area contributed by atoms with Crippen LogP contribution < -0.4 is 5.32 Å². The Bertz CT molecular complexity index is 1290. The molecular formula is C20H15FN6. The maximum Gasteiger partial charge on any atom is 0.161 e. The van der Waals surface area contributed by atoms with Gasteiger partial charge in [-0.15, -0.1) is 0 Å². The van der Waals surface area contributed by atoms with Crippen molar-refractivity contribution in [2.75, 3.05) is 5.32 Å². The number of fused-ring (bicyclic) bond motifs is 2. The van der Waals surface area contributed by atoms with Crippen molar-refractivity contribution in [3.05, 3.63) is 66.4 Å². The molecule has 5 aromatic rings. The summed E-state index contributed by atoms with van der Waals surface area (Å²) in [7, 11) is 0. The van der Waals surface area contributed by atoms with Crippen molar-refractivity contribution in [3.63, 3.8) is 0 Å². The van der Waals surface area contributed by atoms with E-state index in [0.717, 1.165) is 27.5 Å². The molecule has 3 heterocycles. The molecule has 0 fully saturated rings. The zero-order chi connectivity index (χ0) is 18.4. The highest BCUT2D eigenvalue weighted by atomic mass is 19.1. The fourth-order valence-corrected chi connectivity index (χ4v) is 3.18. The molecule has 0 aliphatic carbocycles. The van der Waals surface area contributed by atoms with Crippen LogP contribution in [0.5, 0.6) is 0 Å². The number of aromatic amines is 2. The maximum absolute atomic E-state index is 14.3. The molecule has 3 N–H and O–H groups in total. The van der Waals surface area contributed by atoms with Gasteiger partial charge in [0.25, 0.3) is 0 Å². The molecule has 0 unspecified atom stereocenters.